The van der Waals surface area contributed by atoms with E-state index in [-0.39, 0.29) is 11.7 Å². The maximum absolute atomic E-state index is 12.0. The van der Waals surface area contributed by atoms with Gasteiger partial charge in [-0.25, -0.2) is 4.79 Å². The summed E-state index contributed by atoms with van der Waals surface area (Å²) < 4.78 is 9.41. The van der Waals surface area contributed by atoms with E-state index in [1.807, 2.05) is 6.07 Å². The summed E-state index contributed by atoms with van der Waals surface area (Å²) in [7, 11) is 1.25. The Balaban J connectivity index is 2.21. The number of rotatable bonds is 4. The SMILES string of the molecule is COC(=O)C(NC(=O)c1noc(C)n1)c1ccccc1. The summed E-state index contributed by atoms with van der Waals surface area (Å²) in [6, 6.07) is 7.83. The monoisotopic (exact) mass is 275 g/mol. The summed E-state index contributed by atoms with van der Waals surface area (Å²) in [6.07, 6.45) is 0. The van der Waals surface area contributed by atoms with Gasteiger partial charge in [0, 0.05) is 6.92 Å². The lowest BCUT2D eigenvalue weighted by Gasteiger charge is -2.15. The van der Waals surface area contributed by atoms with E-state index >= 15 is 0 Å². The van der Waals surface area contributed by atoms with Crippen LogP contribution in [0, 0.1) is 6.92 Å². The molecule has 104 valence electrons. The maximum Gasteiger partial charge on any atom is 0.333 e. The Kier molecular flexibility index (Phi) is 4.09. The van der Waals surface area contributed by atoms with E-state index in [0.717, 1.165) is 0 Å². The van der Waals surface area contributed by atoms with E-state index in [2.05, 4.69) is 15.5 Å². The molecule has 0 aliphatic rings. The van der Waals surface area contributed by atoms with Crippen molar-refractivity contribution in [3.8, 4) is 0 Å². The number of amides is 1. The molecule has 1 N–H and O–H groups in total. The smallest absolute Gasteiger partial charge is 0.333 e. The van der Waals surface area contributed by atoms with Gasteiger partial charge in [0.1, 0.15) is 0 Å². The highest BCUT2D eigenvalue weighted by molar-refractivity contribution is 5.93. The highest BCUT2D eigenvalue weighted by Gasteiger charge is 2.25. The normalized spacial score (nSPS) is 11.7. The van der Waals surface area contributed by atoms with Crippen LogP contribution in [0.2, 0.25) is 0 Å². The molecule has 1 unspecified atom stereocenters. The quantitative estimate of drug-likeness (QED) is 0.837. The summed E-state index contributed by atoms with van der Waals surface area (Å²) in [5.41, 5.74) is 0.605. The molecule has 2 aromatic rings. The van der Waals surface area contributed by atoms with Crippen molar-refractivity contribution >= 4 is 11.9 Å². The lowest BCUT2D eigenvalue weighted by molar-refractivity contribution is -0.143. The molecule has 1 amide bonds. The Morgan fingerprint density at radius 1 is 1.30 bits per heavy atom. The number of benzene rings is 1. The second kappa shape index (κ2) is 5.96. The van der Waals surface area contributed by atoms with E-state index in [1.165, 1.54) is 7.11 Å². The van der Waals surface area contributed by atoms with Crippen LogP contribution < -0.4 is 5.32 Å². The van der Waals surface area contributed by atoms with Crippen LogP contribution in [0.3, 0.4) is 0 Å². The van der Waals surface area contributed by atoms with Crippen LogP contribution in [-0.2, 0) is 9.53 Å². The van der Waals surface area contributed by atoms with Crippen molar-refractivity contribution in [1.82, 2.24) is 15.5 Å². The highest BCUT2D eigenvalue weighted by Crippen LogP contribution is 2.14. The second-order valence-corrected chi connectivity index (χ2v) is 3.98. The molecule has 2 rings (SSSR count). The summed E-state index contributed by atoms with van der Waals surface area (Å²) in [5, 5.41) is 6.01. The van der Waals surface area contributed by atoms with Gasteiger partial charge in [0.05, 0.1) is 7.11 Å². The van der Waals surface area contributed by atoms with Crippen molar-refractivity contribution in [2.75, 3.05) is 7.11 Å². The third-order valence-electron chi connectivity index (χ3n) is 2.58. The number of carbonyl (C=O) groups is 2. The molecule has 20 heavy (non-hydrogen) atoms. The number of aromatic nitrogens is 2. The van der Waals surface area contributed by atoms with Crippen LogP contribution >= 0.6 is 0 Å². The van der Waals surface area contributed by atoms with Gasteiger partial charge in [-0.05, 0) is 5.56 Å². The molecule has 1 aromatic heterocycles. The average molecular weight is 275 g/mol. The molecule has 0 saturated carbocycles. The first kappa shape index (κ1) is 13.7. The summed E-state index contributed by atoms with van der Waals surface area (Å²) >= 11 is 0. The number of ether oxygens (including phenoxy) is 1. The van der Waals surface area contributed by atoms with Gasteiger partial charge < -0.3 is 14.6 Å². The van der Waals surface area contributed by atoms with Gasteiger partial charge in [-0.1, -0.05) is 35.5 Å². The molecule has 1 aromatic carbocycles. The zero-order valence-electron chi connectivity index (χ0n) is 11.0. The number of nitrogens with one attached hydrogen (secondary N) is 1. The lowest BCUT2D eigenvalue weighted by atomic mass is 10.1. The Bertz CT molecular complexity index is 609. The van der Waals surface area contributed by atoms with Crippen molar-refractivity contribution in [2.24, 2.45) is 0 Å². The van der Waals surface area contributed by atoms with Crippen LogP contribution in [0.25, 0.3) is 0 Å². The predicted molar refractivity (Wildman–Crippen MR) is 67.7 cm³/mol. The van der Waals surface area contributed by atoms with E-state index in [4.69, 9.17) is 9.26 Å². The maximum atomic E-state index is 12.0. The first-order valence-corrected chi connectivity index (χ1v) is 5.85. The van der Waals surface area contributed by atoms with E-state index in [1.54, 1.807) is 31.2 Å². The molecule has 0 radical (unpaired) electrons. The molecular formula is C13H13N3O4. The Labute approximate surface area is 114 Å². The average Bonchev–Trinajstić information content (AvgIpc) is 2.91. The zero-order valence-corrected chi connectivity index (χ0v) is 11.0. The minimum absolute atomic E-state index is 0.132. The second-order valence-electron chi connectivity index (χ2n) is 3.98. The third kappa shape index (κ3) is 3.00. The fourth-order valence-electron chi connectivity index (χ4n) is 1.63. The molecule has 1 atom stereocenters. The molecule has 0 aliphatic heterocycles. The molecule has 0 aliphatic carbocycles. The number of methoxy groups -OCH3 is 1. The molecule has 7 nitrogen and oxygen atoms in total. The minimum Gasteiger partial charge on any atom is -0.467 e. The Morgan fingerprint density at radius 3 is 2.55 bits per heavy atom. The highest BCUT2D eigenvalue weighted by atomic mass is 16.5. The fourth-order valence-corrected chi connectivity index (χ4v) is 1.63. The molecule has 0 bridgehead atoms. The van der Waals surface area contributed by atoms with Crippen molar-refractivity contribution < 1.29 is 18.8 Å². The number of esters is 1. The van der Waals surface area contributed by atoms with Gasteiger partial charge in [0.2, 0.25) is 5.89 Å². The molecule has 7 heteroatoms. The van der Waals surface area contributed by atoms with Gasteiger partial charge >= 0.3 is 5.97 Å². The zero-order chi connectivity index (χ0) is 14.5. The molecule has 0 fully saturated rings. The van der Waals surface area contributed by atoms with E-state index in [9.17, 15) is 9.59 Å². The predicted octanol–water partition coefficient (Wildman–Crippen LogP) is 1.02. The number of hydrogen-bond acceptors (Lipinski definition) is 6. The lowest BCUT2D eigenvalue weighted by Crippen LogP contribution is -2.35. The first-order valence-electron chi connectivity index (χ1n) is 5.85. The van der Waals surface area contributed by atoms with Crippen molar-refractivity contribution in [3.05, 3.63) is 47.6 Å². The van der Waals surface area contributed by atoms with Gasteiger partial charge in [-0.2, -0.15) is 4.98 Å². The standard InChI is InChI=1S/C13H13N3O4/c1-8-14-11(16-20-8)12(17)15-10(13(18)19-2)9-6-4-3-5-7-9/h3-7,10H,1-2H3,(H,15,17). The fraction of sp³-hybridized carbons (Fsp3) is 0.231. The van der Waals surface area contributed by atoms with Crippen LogP contribution in [0.4, 0.5) is 0 Å². The molecular weight excluding hydrogens is 262 g/mol. The molecule has 0 saturated heterocycles. The molecule has 1 heterocycles. The van der Waals surface area contributed by atoms with Gasteiger partial charge in [-0.15, -0.1) is 0 Å². The van der Waals surface area contributed by atoms with Crippen LogP contribution in [0.1, 0.15) is 28.1 Å². The van der Waals surface area contributed by atoms with Gasteiger partial charge in [-0.3, -0.25) is 4.79 Å². The largest absolute Gasteiger partial charge is 0.467 e. The summed E-state index contributed by atoms with van der Waals surface area (Å²) in [4.78, 5) is 27.5. The molecule has 0 spiro atoms. The van der Waals surface area contributed by atoms with Crippen molar-refractivity contribution in [3.63, 3.8) is 0 Å². The van der Waals surface area contributed by atoms with Crippen LogP contribution in [0.15, 0.2) is 34.9 Å². The van der Waals surface area contributed by atoms with Crippen LogP contribution in [0.5, 0.6) is 0 Å². The number of nitrogens with zero attached hydrogens (tertiary/aromatic N) is 2. The van der Waals surface area contributed by atoms with Crippen molar-refractivity contribution in [2.45, 2.75) is 13.0 Å². The summed E-state index contributed by atoms with van der Waals surface area (Å²) in [6.45, 7) is 1.57. The minimum atomic E-state index is -0.924. The summed E-state index contributed by atoms with van der Waals surface area (Å²) in [5.74, 6) is -1.05. The number of carbonyl (C=O) groups excluding carboxylic acids is 2. The van der Waals surface area contributed by atoms with Gasteiger partial charge in [0.15, 0.2) is 6.04 Å². The van der Waals surface area contributed by atoms with Crippen LogP contribution in [-0.4, -0.2) is 29.1 Å². The van der Waals surface area contributed by atoms with Crippen molar-refractivity contribution in [1.29, 1.82) is 0 Å². The third-order valence-corrected chi connectivity index (χ3v) is 2.58. The number of hydrogen-bond donors (Lipinski definition) is 1. The Hall–Kier alpha value is -2.70. The topological polar surface area (TPSA) is 94.3 Å². The Morgan fingerprint density at radius 2 is 2.00 bits per heavy atom. The number of aryl methyl sites for hydroxylation is 1. The van der Waals surface area contributed by atoms with E-state index < -0.39 is 17.9 Å². The van der Waals surface area contributed by atoms with E-state index in [0.29, 0.717) is 5.56 Å². The van der Waals surface area contributed by atoms with Gasteiger partial charge in [0.25, 0.3) is 11.7 Å². The first-order chi connectivity index (χ1) is 9.61.